The summed E-state index contributed by atoms with van der Waals surface area (Å²) in [5, 5.41) is 3.39. The summed E-state index contributed by atoms with van der Waals surface area (Å²) in [6.07, 6.45) is 2.51. The fourth-order valence-corrected chi connectivity index (χ4v) is 2.39. The fraction of sp³-hybridized carbons (Fsp3) is 0.571. The van der Waals surface area contributed by atoms with Gasteiger partial charge < -0.3 is 14.8 Å². The standard InChI is InChI=1S/C14H21NO2/c1-3-12(11-8-9-15-10-11)17-14-7-5-4-6-13(14)16-2/h4-7,11-12,15H,3,8-10H2,1-2H3. The van der Waals surface area contributed by atoms with E-state index < -0.39 is 0 Å². The first-order valence-electron chi connectivity index (χ1n) is 6.35. The molecule has 1 fully saturated rings. The fourth-order valence-electron chi connectivity index (χ4n) is 2.39. The summed E-state index contributed by atoms with van der Waals surface area (Å²) in [7, 11) is 1.68. The van der Waals surface area contributed by atoms with E-state index in [1.54, 1.807) is 7.11 Å². The number of ether oxygens (including phenoxy) is 2. The Bertz CT molecular complexity index is 348. The molecule has 1 aliphatic rings. The average molecular weight is 235 g/mol. The lowest BCUT2D eigenvalue weighted by molar-refractivity contribution is 0.133. The summed E-state index contributed by atoms with van der Waals surface area (Å²) >= 11 is 0. The lowest BCUT2D eigenvalue weighted by Gasteiger charge is -2.24. The van der Waals surface area contributed by atoms with E-state index in [4.69, 9.17) is 9.47 Å². The summed E-state index contributed by atoms with van der Waals surface area (Å²) < 4.78 is 11.4. The summed E-state index contributed by atoms with van der Waals surface area (Å²) in [5.74, 6) is 2.29. The van der Waals surface area contributed by atoms with Crippen LogP contribution >= 0.6 is 0 Å². The topological polar surface area (TPSA) is 30.5 Å². The van der Waals surface area contributed by atoms with E-state index in [9.17, 15) is 0 Å². The normalized spacial score (nSPS) is 21.2. The van der Waals surface area contributed by atoms with Gasteiger partial charge in [0, 0.05) is 12.5 Å². The molecule has 0 radical (unpaired) electrons. The van der Waals surface area contributed by atoms with Crippen molar-refractivity contribution in [3.05, 3.63) is 24.3 Å². The zero-order valence-electron chi connectivity index (χ0n) is 10.6. The third-order valence-corrected chi connectivity index (χ3v) is 3.37. The molecule has 0 amide bonds. The van der Waals surface area contributed by atoms with E-state index in [0.717, 1.165) is 31.0 Å². The molecule has 94 valence electrons. The van der Waals surface area contributed by atoms with Crippen molar-refractivity contribution in [1.29, 1.82) is 0 Å². The Labute approximate surface area is 103 Å². The second-order valence-corrected chi connectivity index (χ2v) is 4.47. The first-order valence-corrected chi connectivity index (χ1v) is 6.35. The smallest absolute Gasteiger partial charge is 0.161 e. The molecule has 17 heavy (non-hydrogen) atoms. The lowest BCUT2D eigenvalue weighted by Crippen LogP contribution is -2.28. The van der Waals surface area contributed by atoms with Gasteiger partial charge in [-0.05, 0) is 31.5 Å². The average Bonchev–Trinajstić information content (AvgIpc) is 2.90. The van der Waals surface area contributed by atoms with Crippen LogP contribution in [0.4, 0.5) is 0 Å². The maximum Gasteiger partial charge on any atom is 0.161 e. The maximum absolute atomic E-state index is 6.10. The van der Waals surface area contributed by atoms with Gasteiger partial charge in [0.1, 0.15) is 6.10 Å². The Kier molecular flexibility index (Phi) is 4.26. The number of hydrogen-bond donors (Lipinski definition) is 1. The van der Waals surface area contributed by atoms with Gasteiger partial charge in [0.15, 0.2) is 11.5 Å². The van der Waals surface area contributed by atoms with Crippen LogP contribution in [-0.4, -0.2) is 26.3 Å². The molecule has 2 atom stereocenters. The summed E-state index contributed by atoms with van der Waals surface area (Å²) in [6.45, 7) is 4.35. The molecule has 0 aliphatic carbocycles. The minimum absolute atomic E-state index is 0.279. The predicted octanol–water partition coefficient (Wildman–Crippen LogP) is 2.46. The van der Waals surface area contributed by atoms with Crippen molar-refractivity contribution in [2.24, 2.45) is 5.92 Å². The van der Waals surface area contributed by atoms with Crippen LogP contribution in [0.15, 0.2) is 24.3 Å². The molecular weight excluding hydrogens is 214 g/mol. The van der Waals surface area contributed by atoms with Crippen molar-refractivity contribution >= 4 is 0 Å². The molecule has 0 bridgehead atoms. The minimum Gasteiger partial charge on any atom is -0.493 e. The van der Waals surface area contributed by atoms with Crippen molar-refractivity contribution < 1.29 is 9.47 Å². The monoisotopic (exact) mass is 235 g/mol. The van der Waals surface area contributed by atoms with Crippen LogP contribution in [0.25, 0.3) is 0 Å². The van der Waals surface area contributed by atoms with Crippen molar-refractivity contribution in [2.45, 2.75) is 25.9 Å². The first-order chi connectivity index (χ1) is 8.35. The van der Waals surface area contributed by atoms with Gasteiger partial charge in [-0.25, -0.2) is 0 Å². The SMILES string of the molecule is CCC(Oc1ccccc1OC)C1CCNC1. The molecule has 1 N–H and O–H groups in total. The molecule has 2 unspecified atom stereocenters. The van der Waals surface area contributed by atoms with Gasteiger partial charge in [0.05, 0.1) is 7.11 Å². The molecule has 0 saturated carbocycles. The molecule has 0 spiro atoms. The Morgan fingerprint density at radius 3 is 2.71 bits per heavy atom. The maximum atomic E-state index is 6.10. The lowest BCUT2D eigenvalue weighted by atomic mass is 9.99. The van der Waals surface area contributed by atoms with Gasteiger partial charge in [-0.3, -0.25) is 0 Å². The molecule has 2 rings (SSSR count). The Balaban J connectivity index is 2.06. The summed E-state index contributed by atoms with van der Waals surface area (Å²) in [5.41, 5.74) is 0. The van der Waals surface area contributed by atoms with E-state index in [1.165, 1.54) is 6.42 Å². The number of para-hydroxylation sites is 2. The van der Waals surface area contributed by atoms with Gasteiger partial charge in [-0.1, -0.05) is 19.1 Å². The van der Waals surface area contributed by atoms with Crippen LogP contribution in [0.5, 0.6) is 11.5 Å². The van der Waals surface area contributed by atoms with Crippen LogP contribution in [-0.2, 0) is 0 Å². The van der Waals surface area contributed by atoms with Crippen molar-refractivity contribution in [3.8, 4) is 11.5 Å². The number of benzene rings is 1. The van der Waals surface area contributed by atoms with Gasteiger partial charge in [0.25, 0.3) is 0 Å². The van der Waals surface area contributed by atoms with Crippen LogP contribution in [0.3, 0.4) is 0 Å². The largest absolute Gasteiger partial charge is 0.493 e. The van der Waals surface area contributed by atoms with E-state index in [-0.39, 0.29) is 6.10 Å². The Morgan fingerprint density at radius 1 is 1.35 bits per heavy atom. The molecule has 3 heteroatoms. The van der Waals surface area contributed by atoms with Gasteiger partial charge in [0.2, 0.25) is 0 Å². The van der Waals surface area contributed by atoms with Crippen molar-refractivity contribution in [2.75, 3.05) is 20.2 Å². The van der Waals surface area contributed by atoms with Gasteiger partial charge in [-0.15, -0.1) is 0 Å². The third-order valence-electron chi connectivity index (χ3n) is 3.37. The molecule has 1 aromatic rings. The zero-order valence-corrected chi connectivity index (χ0v) is 10.6. The summed E-state index contributed by atoms with van der Waals surface area (Å²) in [6, 6.07) is 7.86. The molecule has 1 aliphatic heterocycles. The van der Waals surface area contributed by atoms with Crippen LogP contribution in [0.2, 0.25) is 0 Å². The number of nitrogens with one attached hydrogen (secondary N) is 1. The van der Waals surface area contributed by atoms with Crippen molar-refractivity contribution in [3.63, 3.8) is 0 Å². The second-order valence-electron chi connectivity index (χ2n) is 4.47. The number of methoxy groups -OCH3 is 1. The number of rotatable bonds is 5. The molecule has 0 aromatic heterocycles. The molecule has 1 aromatic carbocycles. The zero-order chi connectivity index (χ0) is 12.1. The molecular formula is C14H21NO2. The van der Waals surface area contributed by atoms with Gasteiger partial charge in [-0.2, -0.15) is 0 Å². The van der Waals surface area contributed by atoms with Crippen LogP contribution < -0.4 is 14.8 Å². The quantitative estimate of drug-likeness (QED) is 0.850. The second kappa shape index (κ2) is 5.92. The van der Waals surface area contributed by atoms with Gasteiger partial charge >= 0.3 is 0 Å². The van der Waals surface area contributed by atoms with Crippen molar-refractivity contribution in [1.82, 2.24) is 5.32 Å². The van der Waals surface area contributed by atoms with E-state index >= 15 is 0 Å². The third kappa shape index (κ3) is 2.91. The Morgan fingerprint density at radius 2 is 2.12 bits per heavy atom. The molecule has 3 nitrogen and oxygen atoms in total. The molecule has 1 saturated heterocycles. The first kappa shape index (κ1) is 12.2. The van der Waals surface area contributed by atoms with E-state index in [2.05, 4.69) is 12.2 Å². The highest BCUT2D eigenvalue weighted by atomic mass is 16.5. The Hall–Kier alpha value is -1.22. The predicted molar refractivity (Wildman–Crippen MR) is 68.7 cm³/mol. The van der Waals surface area contributed by atoms with Crippen LogP contribution in [0, 0.1) is 5.92 Å². The molecule has 1 heterocycles. The highest BCUT2D eigenvalue weighted by Gasteiger charge is 2.25. The van der Waals surface area contributed by atoms with Crippen LogP contribution in [0.1, 0.15) is 19.8 Å². The number of hydrogen-bond acceptors (Lipinski definition) is 3. The summed E-state index contributed by atoms with van der Waals surface area (Å²) in [4.78, 5) is 0. The van der Waals surface area contributed by atoms with E-state index in [0.29, 0.717) is 5.92 Å². The highest BCUT2D eigenvalue weighted by Crippen LogP contribution is 2.30. The highest BCUT2D eigenvalue weighted by molar-refractivity contribution is 5.39. The van der Waals surface area contributed by atoms with E-state index in [1.807, 2.05) is 24.3 Å². The minimum atomic E-state index is 0.279.